The van der Waals surface area contributed by atoms with Gasteiger partial charge in [-0.05, 0) is 55.7 Å². The quantitative estimate of drug-likeness (QED) is 0.539. The minimum absolute atomic E-state index is 0.00746. The van der Waals surface area contributed by atoms with Crippen LogP contribution in [0.3, 0.4) is 0 Å². The molecule has 0 aromatic heterocycles. The molecule has 160 valence electrons. The molecule has 0 spiro atoms. The largest absolute Gasteiger partial charge is 0.390 e. The molecule has 0 aromatic rings. The molecule has 4 aliphatic rings. The molecule has 6 nitrogen and oxygen atoms in total. The Morgan fingerprint density at radius 1 is 1.24 bits per heavy atom. The lowest BCUT2D eigenvalue weighted by atomic mass is 9.44. The van der Waals surface area contributed by atoms with Crippen LogP contribution in [-0.2, 0) is 9.59 Å². The normalized spacial score (nSPS) is 53.7. The summed E-state index contributed by atoms with van der Waals surface area (Å²) in [6.45, 7) is 4.14. The van der Waals surface area contributed by atoms with E-state index in [0.29, 0.717) is 6.42 Å². The highest BCUT2D eigenvalue weighted by Gasteiger charge is 2.76. The number of Topliss-reactive ketones (excluding diaryl/α,β-unsaturated/α-hetero) is 1. The number of alkyl halides is 1. The van der Waals surface area contributed by atoms with Crippen LogP contribution >= 0.6 is 0 Å². The number of hydrogen-bond donors (Lipinski definition) is 4. The van der Waals surface area contributed by atoms with Gasteiger partial charge in [0, 0.05) is 16.7 Å². The number of carbonyl (C=O) groups excluding carboxylic acids is 2. The van der Waals surface area contributed by atoms with E-state index in [1.165, 1.54) is 18.2 Å². The second-order valence-electron chi connectivity index (χ2n) is 9.89. The number of halogens is 1. The molecule has 4 aliphatic carbocycles. The highest BCUT2D eigenvalue weighted by Crippen LogP contribution is 2.70. The number of aliphatic hydroxyl groups excluding tert-OH is 3. The topological polar surface area (TPSA) is 115 Å². The Hall–Kier alpha value is -1.41. The molecular formula is C22H29FO6. The number of hydrogen-bond acceptors (Lipinski definition) is 6. The van der Waals surface area contributed by atoms with Crippen molar-refractivity contribution >= 4 is 11.6 Å². The van der Waals surface area contributed by atoms with Gasteiger partial charge >= 0.3 is 0 Å². The summed E-state index contributed by atoms with van der Waals surface area (Å²) < 4.78 is 16.9. The van der Waals surface area contributed by atoms with Crippen molar-refractivity contribution in [3.63, 3.8) is 0 Å². The van der Waals surface area contributed by atoms with Crippen molar-refractivity contribution in [2.24, 2.45) is 28.6 Å². The van der Waals surface area contributed by atoms with Gasteiger partial charge in [-0.1, -0.05) is 19.9 Å². The molecule has 0 aliphatic heterocycles. The smallest absolute Gasteiger partial charge is 0.190 e. The third-order valence-corrected chi connectivity index (χ3v) is 8.82. The fourth-order valence-corrected chi connectivity index (χ4v) is 7.30. The first-order valence-corrected chi connectivity index (χ1v) is 10.2. The zero-order valence-electron chi connectivity index (χ0n) is 16.9. The molecule has 0 radical (unpaired) electrons. The number of carbonyl (C=O) groups is 2. The maximum atomic E-state index is 16.9. The second kappa shape index (κ2) is 6.06. The standard InChI is InChI=1S/C22H29FO6/c1-11-6-13-14-8-16(26)15-7-12(25)4-5-19(15,2)21(14,23)17(27)9-20(13,3)22(11,29)18(28)10-24/h4-5,7,11,13-14,16-17,24,26-27,29H,6,8-10H2,1-3H3/t11-,13+,14+,16+,17+,19+,20+,21+,22+/m1/s1. The number of rotatable bonds is 2. The zero-order chi connectivity index (χ0) is 21.6. The molecule has 3 saturated carbocycles. The Labute approximate surface area is 169 Å². The summed E-state index contributed by atoms with van der Waals surface area (Å²) in [7, 11) is 0. The summed E-state index contributed by atoms with van der Waals surface area (Å²) in [5.74, 6) is -2.89. The van der Waals surface area contributed by atoms with Crippen molar-refractivity contribution in [2.75, 3.05) is 6.61 Å². The Balaban J connectivity index is 1.87. The van der Waals surface area contributed by atoms with Crippen molar-refractivity contribution in [3.8, 4) is 0 Å². The molecule has 0 heterocycles. The first-order chi connectivity index (χ1) is 13.4. The van der Waals surface area contributed by atoms with E-state index in [1.807, 2.05) is 0 Å². The summed E-state index contributed by atoms with van der Waals surface area (Å²) in [5, 5.41) is 42.8. The highest BCUT2D eigenvalue weighted by atomic mass is 19.1. The van der Waals surface area contributed by atoms with Crippen LogP contribution in [-0.4, -0.2) is 62.1 Å². The van der Waals surface area contributed by atoms with Crippen molar-refractivity contribution < 1.29 is 34.4 Å². The van der Waals surface area contributed by atoms with Gasteiger partial charge in [0.2, 0.25) is 0 Å². The van der Waals surface area contributed by atoms with Crippen LogP contribution in [0.15, 0.2) is 23.8 Å². The molecule has 7 heteroatoms. The molecule has 0 unspecified atom stereocenters. The average molecular weight is 408 g/mol. The summed E-state index contributed by atoms with van der Waals surface area (Å²) in [6, 6.07) is 0. The van der Waals surface area contributed by atoms with Gasteiger partial charge in [-0.2, -0.15) is 0 Å². The summed E-state index contributed by atoms with van der Waals surface area (Å²) >= 11 is 0. The molecule has 29 heavy (non-hydrogen) atoms. The van der Waals surface area contributed by atoms with Crippen molar-refractivity contribution in [1.29, 1.82) is 0 Å². The number of fused-ring (bicyclic) bond motifs is 5. The predicted octanol–water partition coefficient (Wildman–Crippen LogP) is 0.866. The fraction of sp³-hybridized carbons (Fsp3) is 0.727. The third kappa shape index (κ3) is 2.19. The predicted molar refractivity (Wildman–Crippen MR) is 101 cm³/mol. The van der Waals surface area contributed by atoms with Gasteiger partial charge < -0.3 is 20.4 Å². The summed E-state index contributed by atoms with van der Waals surface area (Å²) in [4.78, 5) is 24.4. The summed E-state index contributed by atoms with van der Waals surface area (Å²) in [6.07, 6.45) is 1.56. The van der Waals surface area contributed by atoms with Gasteiger partial charge in [0.05, 0.1) is 12.2 Å². The van der Waals surface area contributed by atoms with Crippen LogP contribution < -0.4 is 0 Å². The SMILES string of the molecule is C[C@@H]1C[C@H]2[C@@H]3C[C@H](O)C4=CC(=O)C=C[C@]4(C)[C@@]3(F)[C@@H](O)C[C@]2(C)[C@@]1(O)C(=O)CO. The molecule has 0 saturated heterocycles. The highest BCUT2D eigenvalue weighted by molar-refractivity contribution is 6.01. The van der Waals surface area contributed by atoms with Gasteiger partial charge in [0.1, 0.15) is 12.2 Å². The number of aliphatic hydroxyl groups is 4. The van der Waals surface area contributed by atoms with E-state index in [4.69, 9.17) is 0 Å². The number of allylic oxidation sites excluding steroid dienone is 3. The van der Waals surface area contributed by atoms with E-state index >= 15 is 4.39 Å². The molecule has 0 amide bonds. The lowest BCUT2D eigenvalue weighted by Gasteiger charge is -2.63. The first-order valence-electron chi connectivity index (χ1n) is 10.2. The Kier molecular flexibility index (Phi) is 4.36. The molecular weight excluding hydrogens is 379 g/mol. The molecule has 4 N–H and O–H groups in total. The lowest BCUT2D eigenvalue weighted by Crippen LogP contribution is -2.70. The van der Waals surface area contributed by atoms with E-state index in [2.05, 4.69) is 0 Å². The third-order valence-electron chi connectivity index (χ3n) is 8.82. The van der Waals surface area contributed by atoms with E-state index in [1.54, 1.807) is 20.8 Å². The van der Waals surface area contributed by atoms with Gasteiger partial charge in [-0.25, -0.2) is 4.39 Å². The van der Waals surface area contributed by atoms with Crippen molar-refractivity contribution in [1.82, 2.24) is 0 Å². The fourth-order valence-electron chi connectivity index (χ4n) is 7.30. The van der Waals surface area contributed by atoms with Gasteiger partial charge in [-0.15, -0.1) is 0 Å². The van der Waals surface area contributed by atoms with E-state index in [-0.39, 0.29) is 24.2 Å². The van der Waals surface area contributed by atoms with E-state index in [0.717, 1.165) is 0 Å². The molecule has 3 fully saturated rings. The number of ketones is 2. The van der Waals surface area contributed by atoms with Crippen molar-refractivity contribution in [3.05, 3.63) is 23.8 Å². The van der Waals surface area contributed by atoms with Crippen LogP contribution in [0.4, 0.5) is 4.39 Å². The molecule has 9 atom stereocenters. The maximum Gasteiger partial charge on any atom is 0.190 e. The van der Waals surface area contributed by atoms with Crippen molar-refractivity contribution in [2.45, 2.75) is 63.5 Å². The lowest BCUT2D eigenvalue weighted by molar-refractivity contribution is -0.226. The first kappa shape index (κ1) is 20.8. The van der Waals surface area contributed by atoms with E-state index in [9.17, 15) is 30.0 Å². The molecule has 0 bridgehead atoms. The molecule has 4 rings (SSSR count). The Bertz CT molecular complexity index is 837. The Morgan fingerprint density at radius 2 is 1.90 bits per heavy atom. The molecule has 0 aromatic carbocycles. The monoisotopic (exact) mass is 408 g/mol. The maximum absolute atomic E-state index is 16.9. The van der Waals surface area contributed by atoms with Gasteiger partial charge in [-0.3, -0.25) is 9.59 Å². The van der Waals surface area contributed by atoms with Gasteiger partial charge in [0.25, 0.3) is 0 Å². The zero-order valence-corrected chi connectivity index (χ0v) is 16.9. The minimum Gasteiger partial charge on any atom is -0.390 e. The average Bonchev–Trinajstić information content (AvgIpc) is 2.86. The summed E-state index contributed by atoms with van der Waals surface area (Å²) in [5.41, 5.74) is -6.28. The minimum atomic E-state index is -2.16. The van der Waals surface area contributed by atoms with Crippen LogP contribution in [0.25, 0.3) is 0 Å². The van der Waals surface area contributed by atoms with Crippen LogP contribution in [0.1, 0.15) is 40.0 Å². The van der Waals surface area contributed by atoms with Crippen LogP contribution in [0.5, 0.6) is 0 Å². The second-order valence-corrected chi connectivity index (χ2v) is 9.89. The van der Waals surface area contributed by atoms with E-state index < -0.39 is 64.5 Å². The van der Waals surface area contributed by atoms with Crippen LogP contribution in [0, 0.1) is 28.6 Å². The van der Waals surface area contributed by atoms with Gasteiger partial charge in [0.15, 0.2) is 17.2 Å². The Morgan fingerprint density at radius 3 is 2.52 bits per heavy atom. The van der Waals surface area contributed by atoms with Crippen LogP contribution in [0.2, 0.25) is 0 Å².